The number of carboxylic acid groups (broad SMARTS) is 1. The molecule has 1 heterocycles. The van der Waals surface area contributed by atoms with Crippen molar-refractivity contribution < 1.29 is 19.4 Å². The standard InChI is InChI=1S/C9H13BrO4/c10-7(9(11)12)4-6-14-8-3-1-2-5-13-8/h4,8H,1-3,5-6H2,(H,11,12)/b7-4-. The summed E-state index contributed by atoms with van der Waals surface area (Å²) in [6, 6.07) is 0. The molecule has 1 fully saturated rings. The molecule has 5 heteroatoms. The van der Waals surface area contributed by atoms with Gasteiger partial charge in [-0.3, -0.25) is 0 Å². The fourth-order valence-corrected chi connectivity index (χ4v) is 1.29. The van der Waals surface area contributed by atoms with Gasteiger partial charge in [0, 0.05) is 6.61 Å². The fourth-order valence-electron chi connectivity index (χ4n) is 1.16. The molecule has 0 aliphatic carbocycles. The van der Waals surface area contributed by atoms with Crippen molar-refractivity contribution in [2.75, 3.05) is 13.2 Å². The summed E-state index contributed by atoms with van der Waals surface area (Å²) in [6.07, 6.45) is 4.37. The first-order valence-corrected chi connectivity index (χ1v) is 5.31. The van der Waals surface area contributed by atoms with Crippen molar-refractivity contribution >= 4 is 21.9 Å². The summed E-state index contributed by atoms with van der Waals surface area (Å²) >= 11 is 2.91. The van der Waals surface area contributed by atoms with Gasteiger partial charge < -0.3 is 14.6 Å². The second-order valence-electron chi connectivity index (χ2n) is 2.99. The predicted octanol–water partition coefficient (Wildman–Crippen LogP) is 1.89. The highest BCUT2D eigenvalue weighted by atomic mass is 79.9. The van der Waals surface area contributed by atoms with Gasteiger partial charge in [-0.25, -0.2) is 4.79 Å². The molecule has 14 heavy (non-hydrogen) atoms. The smallest absolute Gasteiger partial charge is 0.342 e. The monoisotopic (exact) mass is 264 g/mol. The number of rotatable bonds is 4. The summed E-state index contributed by atoms with van der Waals surface area (Å²) in [4.78, 5) is 10.4. The average Bonchev–Trinajstić information content (AvgIpc) is 2.19. The summed E-state index contributed by atoms with van der Waals surface area (Å²) in [5.74, 6) is -0.988. The molecule has 0 aromatic carbocycles. The molecule has 0 amide bonds. The molecule has 4 nitrogen and oxygen atoms in total. The molecule has 1 atom stereocenters. The van der Waals surface area contributed by atoms with Gasteiger partial charge in [0.05, 0.1) is 6.61 Å². The maximum atomic E-state index is 10.4. The van der Waals surface area contributed by atoms with Gasteiger partial charge >= 0.3 is 5.97 Å². The summed E-state index contributed by atoms with van der Waals surface area (Å²) in [6.45, 7) is 0.992. The summed E-state index contributed by atoms with van der Waals surface area (Å²) in [7, 11) is 0. The highest BCUT2D eigenvalue weighted by Crippen LogP contribution is 2.14. The molecule has 1 aliphatic rings. The van der Waals surface area contributed by atoms with E-state index in [-0.39, 0.29) is 17.4 Å². The molecule has 0 spiro atoms. The Morgan fingerprint density at radius 3 is 3.00 bits per heavy atom. The van der Waals surface area contributed by atoms with Crippen LogP contribution >= 0.6 is 15.9 Å². The van der Waals surface area contributed by atoms with E-state index in [9.17, 15) is 4.79 Å². The average molecular weight is 265 g/mol. The summed E-state index contributed by atoms with van der Waals surface area (Å²) < 4.78 is 10.7. The van der Waals surface area contributed by atoms with Crippen molar-refractivity contribution in [2.24, 2.45) is 0 Å². The Balaban J connectivity index is 2.19. The topological polar surface area (TPSA) is 55.8 Å². The third-order valence-electron chi connectivity index (χ3n) is 1.89. The lowest BCUT2D eigenvalue weighted by Gasteiger charge is -2.21. The van der Waals surface area contributed by atoms with E-state index in [4.69, 9.17) is 14.6 Å². The molecule has 1 rings (SSSR count). The maximum absolute atomic E-state index is 10.4. The van der Waals surface area contributed by atoms with Gasteiger partial charge in [0.15, 0.2) is 6.29 Å². The van der Waals surface area contributed by atoms with Gasteiger partial charge in [0.2, 0.25) is 0 Å². The van der Waals surface area contributed by atoms with Crippen molar-refractivity contribution in [1.29, 1.82) is 0 Å². The molecule has 0 bridgehead atoms. The van der Waals surface area contributed by atoms with E-state index >= 15 is 0 Å². The minimum absolute atomic E-state index is 0.119. The Bertz CT molecular complexity index is 221. The number of aliphatic carboxylic acids is 1. The van der Waals surface area contributed by atoms with E-state index in [0.717, 1.165) is 25.9 Å². The van der Waals surface area contributed by atoms with Crippen molar-refractivity contribution in [3.63, 3.8) is 0 Å². The first-order chi connectivity index (χ1) is 6.70. The van der Waals surface area contributed by atoms with Crippen LogP contribution in [0.15, 0.2) is 10.6 Å². The van der Waals surface area contributed by atoms with Crippen molar-refractivity contribution in [3.8, 4) is 0 Å². The van der Waals surface area contributed by atoms with E-state index in [1.807, 2.05) is 0 Å². The zero-order chi connectivity index (χ0) is 10.4. The fraction of sp³-hybridized carbons (Fsp3) is 0.667. The first kappa shape index (κ1) is 11.7. The number of carbonyl (C=O) groups is 1. The first-order valence-electron chi connectivity index (χ1n) is 4.52. The maximum Gasteiger partial charge on any atom is 0.342 e. The van der Waals surface area contributed by atoms with Crippen LogP contribution in [0, 0.1) is 0 Å². The second-order valence-corrected chi connectivity index (χ2v) is 3.84. The van der Waals surface area contributed by atoms with Gasteiger partial charge in [0.25, 0.3) is 0 Å². The van der Waals surface area contributed by atoms with Crippen molar-refractivity contribution in [3.05, 3.63) is 10.6 Å². The molecule has 1 unspecified atom stereocenters. The van der Waals surface area contributed by atoms with E-state index in [1.165, 1.54) is 6.08 Å². The predicted molar refractivity (Wildman–Crippen MR) is 54.2 cm³/mol. The third-order valence-corrected chi connectivity index (χ3v) is 2.55. The Morgan fingerprint density at radius 1 is 1.64 bits per heavy atom. The molecular weight excluding hydrogens is 252 g/mol. The number of hydrogen-bond acceptors (Lipinski definition) is 3. The highest BCUT2D eigenvalue weighted by molar-refractivity contribution is 9.12. The Morgan fingerprint density at radius 2 is 2.43 bits per heavy atom. The lowest BCUT2D eigenvalue weighted by atomic mass is 10.2. The van der Waals surface area contributed by atoms with E-state index in [1.54, 1.807) is 0 Å². The molecule has 1 saturated heterocycles. The molecule has 1 N–H and O–H groups in total. The van der Waals surface area contributed by atoms with Gasteiger partial charge in [-0.05, 0) is 41.3 Å². The van der Waals surface area contributed by atoms with Crippen LogP contribution in [0.4, 0.5) is 0 Å². The quantitative estimate of drug-likeness (QED) is 0.788. The number of hydrogen-bond donors (Lipinski definition) is 1. The van der Waals surface area contributed by atoms with Gasteiger partial charge in [-0.15, -0.1) is 0 Å². The Hall–Kier alpha value is -0.390. The van der Waals surface area contributed by atoms with Crippen LogP contribution in [0.1, 0.15) is 19.3 Å². The molecule has 0 saturated carbocycles. The summed E-state index contributed by atoms with van der Waals surface area (Å²) in [5, 5.41) is 8.52. The molecule has 1 aliphatic heterocycles. The SMILES string of the molecule is O=C(O)/C(Br)=C/COC1CCCCO1. The Labute approximate surface area is 91.0 Å². The van der Waals surface area contributed by atoms with Crippen molar-refractivity contribution in [2.45, 2.75) is 25.6 Å². The van der Waals surface area contributed by atoms with Crippen LogP contribution in [-0.2, 0) is 14.3 Å². The highest BCUT2D eigenvalue weighted by Gasteiger charge is 2.13. The summed E-state index contributed by atoms with van der Waals surface area (Å²) in [5.41, 5.74) is 0. The molecular formula is C9H13BrO4. The third kappa shape index (κ3) is 4.21. The van der Waals surface area contributed by atoms with Crippen LogP contribution < -0.4 is 0 Å². The zero-order valence-corrected chi connectivity index (χ0v) is 9.33. The van der Waals surface area contributed by atoms with Crippen LogP contribution in [0.3, 0.4) is 0 Å². The normalized spacial score (nSPS) is 23.5. The number of ether oxygens (including phenoxy) is 2. The van der Waals surface area contributed by atoms with Gasteiger partial charge in [0.1, 0.15) is 4.48 Å². The van der Waals surface area contributed by atoms with E-state index in [0.29, 0.717) is 0 Å². The zero-order valence-electron chi connectivity index (χ0n) is 7.74. The molecule has 0 aromatic heterocycles. The lowest BCUT2D eigenvalue weighted by molar-refractivity contribution is -0.155. The van der Waals surface area contributed by atoms with Crippen LogP contribution in [0.2, 0.25) is 0 Å². The van der Waals surface area contributed by atoms with Gasteiger partial charge in [-0.2, -0.15) is 0 Å². The minimum atomic E-state index is -0.988. The minimum Gasteiger partial charge on any atom is -0.477 e. The van der Waals surface area contributed by atoms with Gasteiger partial charge in [-0.1, -0.05) is 0 Å². The van der Waals surface area contributed by atoms with Crippen LogP contribution in [0.5, 0.6) is 0 Å². The van der Waals surface area contributed by atoms with Crippen LogP contribution in [0.25, 0.3) is 0 Å². The number of carboxylic acids is 1. The van der Waals surface area contributed by atoms with E-state index < -0.39 is 5.97 Å². The molecule has 80 valence electrons. The van der Waals surface area contributed by atoms with Crippen LogP contribution in [-0.4, -0.2) is 30.6 Å². The van der Waals surface area contributed by atoms with E-state index in [2.05, 4.69) is 15.9 Å². The largest absolute Gasteiger partial charge is 0.477 e. The molecule has 0 aromatic rings. The second kappa shape index (κ2) is 6.16. The Kier molecular flexibility index (Phi) is 5.14. The lowest BCUT2D eigenvalue weighted by Crippen LogP contribution is -2.22. The number of halogens is 1. The molecule has 0 radical (unpaired) electrons. The van der Waals surface area contributed by atoms with Crippen molar-refractivity contribution in [1.82, 2.24) is 0 Å².